The monoisotopic (exact) mass is 366 g/mol. The number of aromatic nitrogens is 2. The molecule has 0 saturated carbocycles. The minimum atomic E-state index is -0.730. The van der Waals surface area contributed by atoms with Crippen molar-refractivity contribution in [3.05, 3.63) is 12.4 Å². The molecule has 1 amide bonds. The molecule has 1 atom stereocenters. The van der Waals surface area contributed by atoms with Gasteiger partial charge in [0.2, 0.25) is 5.95 Å². The fraction of sp³-hybridized carbons (Fsp3) is 0.647. The molecule has 9 heteroatoms. The van der Waals surface area contributed by atoms with Gasteiger partial charge < -0.3 is 24.0 Å². The lowest BCUT2D eigenvalue weighted by Crippen LogP contribution is -2.50. The van der Waals surface area contributed by atoms with Gasteiger partial charge in [-0.3, -0.25) is 0 Å². The van der Waals surface area contributed by atoms with Gasteiger partial charge in [-0.15, -0.1) is 0 Å². The number of methoxy groups -OCH3 is 1. The van der Waals surface area contributed by atoms with Crippen LogP contribution in [0.5, 0.6) is 5.75 Å². The predicted molar refractivity (Wildman–Crippen MR) is 94.2 cm³/mol. The molecule has 9 nitrogen and oxygen atoms in total. The van der Waals surface area contributed by atoms with E-state index in [4.69, 9.17) is 9.47 Å². The van der Waals surface area contributed by atoms with Gasteiger partial charge in [0.25, 0.3) is 0 Å². The minimum Gasteiger partial charge on any atom is -0.476 e. The van der Waals surface area contributed by atoms with Gasteiger partial charge in [-0.05, 0) is 27.7 Å². The van der Waals surface area contributed by atoms with Crippen molar-refractivity contribution in [2.45, 2.75) is 39.4 Å². The van der Waals surface area contributed by atoms with E-state index in [0.717, 1.165) is 0 Å². The molecule has 1 aliphatic heterocycles. The summed E-state index contributed by atoms with van der Waals surface area (Å²) in [5.41, 5.74) is -0.505. The van der Waals surface area contributed by atoms with Crippen LogP contribution in [0.1, 0.15) is 27.7 Å². The van der Waals surface area contributed by atoms with Gasteiger partial charge in [-0.2, -0.15) is 0 Å². The molecule has 1 unspecified atom stereocenters. The number of piperazine rings is 1. The van der Waals surface area contributed by atoms with Crippen molar-refractivity contribution < 1.29 is 23.8 Å². The maximum absolute atomic E-state index is 12.1. The van der Waals surface area contributed by atoms with Gasteiger partial charge in [0.15, 0.2) is 11.9 Å². The van der Waals surface area contributed by atoms with Crippen LogP contribution in [0, 0.1) is 0 Å². The molecule has 1 aromatic heterocycles. The van der Waals surface area contributed by atoms with Crippen molar-refractivity contribution in [1.82, 2.24) is 14.9 Å². The summed E-state index contributed by atoms with van der Waals surface area (Å²) in [7, 11) is 1.30. The molecule has 1 aliphatic rings. The summed E-state index contributed by atoms with van der Waals surface area (Å²) in [6.45, 7) is 9.43. The maximum atomic E-state index is 12.1. The summed E-state index contributed by atoms with van der Waals surface area (Å²) in [5, 5.41) is 0. The zero-order valence-corrected chi connectivity index (χ0v) is 15.9. The predicted octanol–water partition coefficient (Wildman–Crippen LogP) is 1.47. The number of amides is 1. The summed E-state index contributed by atoms with van der Waals surface area (Å²) in [6.07, 6.45) is 2.00. The van der Waals surface area contributed by atoms with Crippen molar-refractivity contribution in [2.75, 3.05) is 38.2 Å². The van der Waals surface area contributed by atoms with Crippen LogP contribution in [0.15, 0.2) is 12.4 Å². The number of carbonyl (C=O) groups excluding carboxylic acids is 2. The number of rotatable bonds is 4. The van der Waals surface area contributed by atoms with Crippen LogP contribution < -0.4 is 9.64 Å². The highest BCUT2D eigenvalue weighted by Crippen LogP contribution is 2.17. The maximum Gasteiger partial charge on any atom is 0.410 e. The topological polar surface area (TPSA) is 94.1 Å². The number of esters is 1. The second kappa shape index (κ2) is 8.20. The van der Waals surface area contributed by atoms with Gasteiger partial charge in [0.05, 0.1) is 19.5 Å². The number of hydrogen-bond acceptors (Lipinski definition) is 8. The largest absolute Gasteiger partial charge is 0.476 e. The van der Waals surface area contributed by atoms with Crippen LogP contribution in [0.2, 0.25) is 0 Å². The second-order valence-corrected chi connectivity index (χ2v) is 6.96. The first kappa shape index (κ1) is 19.7. The summed E-state index contributed by atoms with van der Waals surface area (Å²) >= 11 is 0. The Hall–Kier alpha value is -2.58. The molecule has 0 N–H and O–H groups in total. The molecule has 0 radical (unpaired) electrons. The van der Waals surface area contributed by atoms with Crippen LogP contribution in [-0.4, -0.2) is 71.9 Å². The molecule has 0 bridgehead atoms. The zero-order valence-electron chi connectivity index (χ0n) is 15.9. The SMILES string of the molecule is COC(=O)C(C)Oc1cnc(N2CCN(C(=O)OC(C)(C)C)CC2)nc1. The van der Waals surface area contributed by atoms with Crippen LogP contribution in [-0.2, 0) is 14.3 Å². The summed E-state index contributed by atoms with van der Waals surface area (Å²) in [6, 6.07) is 0. The molecular formula is C17H26N4O5. The highest BCUT2D eigenvalue weighted by Gasteiger charge is 2.26. The minimum absolute atomic E-state index is 0.307. The van der Waals surface area contributed by atoms with Gasteiger partial charge in [0.1, 0.15) is 5.60 Å². The normalized spacial score (nSPS) is 16.0. The third kappa shape index (κ3) is 5.47. The van der Waals surface area contributed by atoms with Crippen molar-refractivity contribution in [3.63, 3.8) is 0 Å². The Kier molecular flexibility index (Phi) is 6.23. The van der Waals surface area contributed by atoms with E-state index >= 15 is 0 Å². The van der Waals surface area contributed by atoms with Crippen LogP contribution in [0.25, 0.3) is 0 Å². The average molecular weight is 366 g/mol. The first-order valence-electron chi connectivity index (χ1n) is 8.49. The summed E-state index contributed by atoms with van der Waals surface area (Å²) in [5.74, 6) is 0.471. The number of anilines is 1. The van der Waals surface area contributed by atoms with Gasteiger partial charge >= 0.3 is 12.1 Å². The second-order valence-electron chi connectivity index (χ2n) is 6.96. The Labute approximate surface area is 153 Å². The fourth-order valence-electron chi connectivity index (χ4n) is 2.37. The van der Waals surface area contributed by atoms with Crippen molar-refractivity contribution in [1.29, 1.82) is 0 Å². The molecule has 1 fully saturated rings. The quantitative estimate of drug-likeness (QED) is 0.740. The first-order chi connectivity index (χ1) is 12.2. The molecule has 0 aliphatic carbocycles. The van der Waals surface area contributed by atoms with E-state index in [1.165, 1.54) is 19.5 Å². The van der Waals surface area contributed by atoms with Crippen molar-refractivity contribution in [3.8, 4) is 5.75 Å². The van der Waals surface area contributed by atoms with Gasteiger partial charge in [0, 0.05) is 26.2 Å². The van der Waals surface area contributed by atoms with Crippen molar-refractivity contribution in [2.24, 2.45) is 0 Å². The molecule has 144 valence electrons. The van der Waals surface area contributed by atoms with Crippen LogP contribution in [0.4, 0.5) is 10.7 Å². The van der Waals surface area contributed by atoms with Gasteiger partial charge in [-0.1, -0.05) is 0 Å². The lowest BCUT2D eigenvalue weighted by atomic mass is 10.2. The van der Waals surface area contributed by atoms with Crippen LogP contribution >= 0.6 is 0 Å². The Morgan fingerprint density at radius 1 is 1.12 bits per heavy atom. The van der Waals surface area contributed by atoms with E-state index in [2.05, 4.69) is 14.7 Å². The zero-order chi connectivity index (χ0) is 19.3. The van der Waals surface area contributed by atoms with E-state index in [0.29, 0.717) is 37.9 Å². The van der Waals surface area contributed by atoms with Gasteiger partial charge in [-0.25, -0.2) is 19.6 Å². The number of hydrogen-bond donors (Lipinski definition) is 0. The highest BCUT2D eigenvalue weighted by molar-refractivity contribution is 5.74. The Morgan fingerprint density at radius 3 is 2.19 bits per heavy atom. The standard InChI is InChI=1S/C17H26N4O5/c1-12(14(22)24-5)25-13-10-18-15(19-11-13)20-6-8-21(9-7-20)16(23)26-17(2,3)4/h10-12H,6-9H2,1-5H3. The average Bonchev–Trinajstić information content (AvgIpc) is 2.60. The van der Waals surface area contributed by atoms with Crippen molar-refractivity contribution >= 4 is 18.0 Å². The third-order valence-corrected chi connectivity index (χ3v) is 3.67. The third-order valence-electron chi connectivity index (χ3n) is 3.67. The molecule has 26 heavy (non-hydrogen) atoms. The van der Waals surface area contributed by atoms with E-state index < -0.39 is 17.7 Å². The van der Waals surface area contributed by atoms with E-state index in [9.17, 15) is 9.59 Å². The molecule has 0 aromatic carbocycles. The number of nitrogens with zero attached hydrogens (tertiary/aromatic N) is 4. The lowest BCUT2D eigenvalue weighted by Gasteiger charge is -2.35. The van der Waals surface area contributed by atoms with E-state index in [1.54, 1.807) is 11.8 Å². The Morgan fingerprint density at radius 2 is 1.69 bits per heavy atom. The molecular weight excluding hydrogens is 340 g/mol. The lowest BCUT2D eigenvalue weighted by molar-refractivity contribution is -0.147. The van der Waals surface area contributed by atoms with E-state index in [-0.39, 0.29) is 6.09 Å². The van der Waals surface area contributed by atoms with E-state index in [1.807, 2.05) is 25.7 Å². The summed E-state index contributed by atoms with van der Waals surface area (Å²) < 4.78 is 15.4. The Bertz CT molecular complexity index is 621. The first-order valence-corrected chi connectivity index (χ1v) is 8.49. The Balaban J connectivity index is 1.87. The molecule has 1 aromatic rings. The fourth-order valence-corrected chi connectivity index (χ4v) is 2.37. The molecule has 0 spiro atoms. The smallest absolute Gasteiger partial charge is 0.410 e. The van der Waals surface area contributed by atoms with Crippen LogP contribution in [0.3, 0.4) is 0 Å². The number of ether oxygens (including phenoxy) is 3. The molecule has 1 saturated heterocycles. The highest BCUT2D eigenvalue weighted by atomic mass is 16.6. The molecule has 2 rings (SSSR count). The molecule has 2 heterocycles. The summed E-state index contributed by atoms with van der Waals surface area (Å²) in [4.78, 5) is 35.7. The number of carbonyl (C=O) groups is 2.